The van der Waals surface area contributed by atoms with E-state index in [1.807, 2.05) is 12.1 Å². The van der Waals surface area contributed by atoms with Gasteiger partial charge in [0.05, 0.1) is 12.8 Å². The van der Waals surface area contributed by atoms with Gasteiger partial charge in [0.2, 0.25) is 0 Å². The lowest BCUT2D eigenvalue weighted by Gasteiger charge is -2.12. The van der Waals surface area contributed by atoms with Crippen LogP contribution in [-0.2, 0) is 12.8 Å². The zero-order valence-electron chi connectivity index (χ0n) is 13.6. The Kier molecular flexibility index (Phi) is 3.85. The van der Waals surface area contributed by atoms with Gasteiger partial charge in [0.15, 0.2) is 0 Å². The van der Waals surface area contributed by atoms with Gasteiger partial charge in [-0.25, -0.2) is 4.39 Å². The first-order chi connectivity index (χ1) is 11.7. The molecule has 5 heteroatoms. The average Bonchev–Trinajstić information content (AvgIpc) is 3.24. The molecule has 2 heterocycles. The minimum absolute atomic E-state index is 0.174. The van der Waals surface area contributed by atoms with Crippen LogP contribution in [0.5, 0.6) is 0 Å². The molecule has 0 bridgehead atoms. The molecule has 0 unspecified atom stereocenters. The average molecular weight is 320 g/mol. The topological polar surface area (TPSA) is 37.5 Å². The second-order valence-corrected chi connectivity index (χ2v) is 6.19. The highest BCUT2D eigenvalue weighted by Gasteiger charge is 2.16. The van der Waals surface area contributed by atoms with Crippen molar-refractivity contribution in [1.82, 2.24) is 5.32 Å². The summed E-state index contributed by atoms with van der Waals surface area (Å²) in [5.41, 5.74) is 4.79. The van der Waals surface area contributed by atoms with Crippen LogP contribution in [0.2, 0.25) is 0 Å². The Hall–Kier alpha value is -2.56. The van der Waals surface area contributed by atoms with E-state index in [1.165, 1.54) is 11.5 Å². The molecule has 24 heavy (non-hydrogen) atoms. The number of nitrogens with one attached hydrogen (secondary N) is 1. The molecule has 2 aromatic carbocycles. The number of rotatable bonds is 4. The number of benzene rings is 2. The standard InChI is InChI=1S/C19H18BFN2O/c20-14-10-12(18-13(11-14)6-9-24-18)4-5-15-16(2-1-3-17(15)21)19-22-7-8-23-19/h1-3,6,9-11H,4-5,7-8,20H2,(H,22,23). The summed E-state index contributed by atoms with van der Waals surface area (Å²) in [6.07, 6.45) is 3.05. The maximum atomic E-state index is 14.4. The Morgan fingerprint density at radius 2 is 2.12 bits per heavy atom. The van der Waals surface area contributed by atoms with Crippen molar-refractivity contribution >= 4 is 30.1 Å². The van der Waals surface area contributed by atoms with Gasteiger partial charge in [0.25, 0.3) is 0 Å². The number of halogens is 1. The van der Waals surface area contributed by atoms with E-state index in [4.69, 9.17) is 4.42 Å². The molecule has 3 aromatic rings. The van der Waals surface area contributed by atoms with Crippen LogP contribution in [-0.4, -0.2) is 26.8 Å². The monoisotopic (exact) mass is 320 g/mol. The van der Waals surface area contributed by atoms with E-state index in [0.717, 1.165) is 47.4 Å². The lowest BCUT2D eigenvalue weighted by molar-refractivity contribution is 0.601. The van der Waals surface area contributed by atoms with Crippen LogP contribution in [0.4, 0.5) is 4.39 Å². The smallest absolute Gasteiger partial charge is 0.139 e. The van der Waals surface area contributed by atoms with E-state index in [9.17, 15) is 4.39 Å². The molecular formula is C19H18BFN2O. The molecule has 1 aliphatic heterocycles. The predicted octanol–water partition coefficient (Wildman–Crippen LogP) is 1.97. The van der Waals surface area contributed by atoms with Crippen LogP contribution >= 0.6 is 0 Å². The Bertz CT molecular complexity index is 932. The van der Waals surface area contributed by atoms with E-state index >= 15 is 0 Å². The first kappa shape index (κ1) is 15.0. The highest BCUT2D eigenvalue weighted by Crippen LogP contribution is 2.22. The van der Waals surface area contributed by atoms with Gasteiger partial charge in [-0.15, -0.1) is 0 Å². The van der Waals surface area contributed by atoms with Gasteiger partial charge in [-0.3, -0.25) is 4.99 Å². The van der Waals surface area contributed by atoms with Crippen LogP contribution in [0.1, 0.15) is 16.7 Å². The summed E-state index contributed by atoms with van der Waals surface area (Å²) in [5.74, 6) is 0.629. The molecule has 0 amide bonds. The zero-order valence-corrected chi connectivity index (χ0v) is 13.6. The number of nitrogens with zero attached hydrogens (tertiary/aromatic N) is 1. The molecule has 0 fully saturated rings. The Morgan fingerprint density at radius 1 is 1.21 bits per heavy atom. The number of furan rings is 1. The van der Waals surface area contributed by atoms with Gasteiger partial charge in [0.1, 0.15) is 25.1 Å². The van der Waals surface area contributed by atoms with Crippen molar-refractivity contribution in [3.63, 3.8) is 0 Å². The van der Waals surface area contributed by atoms with Crippen molar-refractivity contribution in [1.29, 1.82) is 0 Å². The van der Waals surface area contributed by atoms with Crippen molar-refractivity contribution in [3.8, 4) is 0 Å². The third-order valence-electron chi connectivity index (χ3n) is 4.46. The minimum Gasteiger partial charge on any atom is -0.464 e. The second-order valence-electron chi connectivity index (χ2n) is 6.19. The quantitative estimate of drug-likeness (QED) is 0.746. The molecule has 1 aromatic heterocycles. The normalized spacial score (nSPS) is 14.0. The van der Waals surface area contributed by atoms with Crippen molar-refractivity contribution in [3.05, 3.63) is 65.2 Å². The van der Waals surface area contributed by atoms with Gasteiger partial charge in [-0.05, 0) is 36.1 Å². The van der Waals surface area contributed by atoms with Crippen LogP contribution in [0, 0.1) is 5.82 Å². The summed E-state index contributed by atoms with van der Waals surface area (Å²) in [7, 11) is 2.07. The summed E-state index contributed by atoms with van der Waals surface area (Å²) in [5, 5.41) is 4.34. The van der Waals surface area contributed by atoms with Crippen molar-refractivity contribution in [2.75, 3.05) is 13.1 Å². The highest BCUT2D eigenvalue weighted by molar-refractivity contribution is 6.33. The molecule has 0 radical (unpaired) electrons. The number of hydrogen-bond acceptors (Lipinski definition) is 3. The number of aliphatic imine (C=N–C) groups is 1. The second kappa shape index (κ2) is 6.15. The minimum atomic E-state index is -0.174. The van der Waals surface area contributed by atoms with Crippen LogP contribution in [0.25, 0.3) is 11.0 Å². The fourth-order valence-electron chi connectivity index (χ4n) is 3.38. The molecule has 0 saturated heterocycles. The molecule has 0 saturated carbocycles. The highest BCUT2D eigenvalue weighted by atomic mass is 19.1. The van der Waals surface area contributed by atoms with E-state index < -0.39 is 0 Å². The molecule has 0 spiro atoms. The predicted molar refractivity (Wildman–Crippen MR) is 97.6 cm³/mol. The molecule has 3 nitrogen and oxygen atoms in total. The molecular weight excluding hydrogens is 302 g/mol. The van der Waals surface area contributed by atoms with Crippen molar-refractivity contribution in [2.24, 2.45) is 4.99 Å². The summed E-state index contributed by atoms with van der Waals surface area (Å²) in [6.45, 7) is 1.56. The lowest BCUT2D eigenvalue weighted by atomic mass is 9.90. The Balaban J connectivity index is 1.67. The molecule has 1 aliphatic rings. The molecule has 0 atom stereocenters. The van der Waals surface area contributed by atoms with E-state index in [0.29, 0.717) is 12.0 Å². The summed E-state index contributed by atoms with van der Waals surface area (Å²) in [6, 6.07) is 11.4. The first-order valence-electron chi connectivity index (χ1n) is 8.25. The van der Waals surface area contributed by atoms with Gasteiger partial charge in [-0.1, -0.05) is 29.7 Å². The molecule has 4 rings (SSSR count). The Morgan fingerprint density at radius 3 is 2.96 bits per heavy atom. The maximum Gasteiger partial charge on any atom is 0.139 e. The largest absolute Gasteiger partial charge is 0.464 e. The number of amidine groups is 1. The third-order valence-corrected chi connectivity index (χ3v) is 4.46. The molecule has 0 aliphatic carbocycles. The number of aryl methyl sites for hydroxylation is 1. The van der Waals surface area contributed by atoms with Crippen molar-refractivity contribution in [2.45, 2.75) is 12.8 Å². The lowest BCUT2D eigenvalue weighted by Crippen LogP contribution is -2.21. The zero-order chi connectivity index (χ0) is 16.5. The summed E-state index contributed by atoms with van der Waals surface area (Å²) < 4.78 is 20.1. The van der Waals surface area contributed by atoms with Crippen LogP contribution in [0.15, 0.2) is 52.1 Å². The van der Waals surface area contributed by atoms with E-state index in [-0.39, 0.29) is 5.82 Å². The van der Waals surface area contributed by atoms with Crippen molar-refractivity contribution < 1.29 is 8.81 Å². The SMILES string of the molecule is Bc1cc(CCc2c(F)cccc2C2=NCCN2)c2occc2c1. The first-order valence-corrected chi connectivity index (χ1v) is 8.25. The third kappa shape index (κ3) is 2.71. The van der Waals surface area contributed by atoms with Gasteiger partial charge in [0, 0.05) is 17.5 Å². The summed E-state index contributed by atoms with van der Waals surface area (Å²) in [4.78, 5) is 4.44. The fraction of sp³-hybridized carbons (Fsp3) is 0.211. The van der Waals surface area contributed by atoms with Gasteiger partial charge in [-0.2, -0.15) is 0 Å². The molecule has 1 N–H and O–H groups in total. The summed E-state index contributed by atoms with van der Waals surface area (Å²) >= 11 is 0. The number of fused-ring (bicyclic) bond motifs is 1. The van der Waals surface area contributed by atoms with Gasteiger partial charge < -0.3 is 9.73 Å². The Labute approximate surface area is 141 Å². The van der Waals surface area contributed by atoms with Crippen LogP contribution < -0.4 is 10.8 Å². The fourth-order valence-corrected chi connectivity index (χ4v) is 3.38. The number of hydrogen-bond donors (Lipinski definition) is 1. The molecule has 120 valence electrons. The van der Waals surface area contributed by atoms with Gasteiger partial charge >= 0.3 is 0 Å². The maximum absolute atomic E-state index is 14.4. The van der Waals surface area contributed by atoms with Crippen LogP contribution in [0.3, 0.4) is 0 Å². The van der Waals surface area contributed by atoms with E-state index in [1.54, 1.807) is 12.3 Å². The van der Waals surface area contributed by atoms with E-state index in [2.05, 4.69) is 30.3 Å².